The molecule has 0 atom stereocenters. The summed E-state index contributed by atoms with van der Waals surface area (Å²) in [5.41, 5.74) is 2.51. The standard InChI is InChI=1S/C19H14N2O4S3/c1-11-7-15(21-17(22)14-3-2-5-24-14)28-16(11)19(23)25-8-13-10-27-18(20-13)12-4-6-26-9-12/h2-7,9-10H,8H2,1H3,(H,21,22). The molecule has 0 spiro atoms. The number of furan rings is 1. The molecule has 1 N–H and O–H groups in total. The van der Waals surface area contributed by atoms with Gasteiger partial charge in [0.1, 0.15) is 16.5 Å². The first-order chi connectivity index (χ1) is 13.6. The second kappa shape index (κ2) is 8.09. The summed E-state index contributed by atoms with van der Waals surface area (Å²) in [5.74, 6) is -0.596. The molecule has 0 aliphatic carbocycles. The van der Waals surface area contributed by atoms with Crippen molar-refractivity contribution >= 4 is 50.9 Å². The molecule has 9 heteroatoms. The van der Waals surface area contributed by atoms with Gasteiger partial charge in [-0.2, -0.15) is 11.3 Å². The maximum Gasteiger partial charge on any atom is 0.349 e. The SMILES string of the molecule is Cc1cc(NC(=O)c2ccco2)sc1C(=O)OCc1csc(-c2ccsc2)n1. The summed E-state index contributed by atoms with van der Waals surface area (Å²) < 4.78 is 10.5. The fourth-order valence-corrected chi connectivity index (χ4v) is 4.90. The van der Waals surface area contributed by atoms with E-state index < -0.39 is 5.97 Å². The van der Waals surface area contributed by atoms with E-state index in [1.54, 1.807) is 36.5 Å². The molecule has 0 fully saturated rings. The van der Waals surface area contributed by atoms with Gasteiger partial charge in [-0.1, -0.05) is 0 Å². The Balaban J connectivity index is 1.38. The third-order valence-electron chi connectivity index (χ3n) is 3.76. The van der Waals surface area contributed by atoms with E-state index in [1.165, 1.54) is 28.9 Å². The molecule has 4 aromatic rings. The highest BCUT2D eigenvalue weighted by Gasteiger charge is 2.18. The minimum atomic E-state index is -0.439. The Labute approximate surface area is 172 Å². The van der Waals surface area contributed by atoms with Gasteiger partial charge in [-0.3, -0.25) is 4.79 Å². The number of carbonyl (C=O) groups is 2. The van der Waals surface area contributed by atoms with Gasteiger partial charge in [-0.25, -0.2) is 9.78 Å². The van der Waals surface area contributed by atoms with Crippen molar-refractivity contribution in [3.63, 3.8) is 0 Å². The highest BCUT2D eigenvalue weighted by molar-refractivity contribution is 7.18. The molecule has 0 aromatic carbocycles. The number of hydrogen-bond acceptors (Lipinski definition) is 8. The number of aromatic nitrogens is 1. The van der Waals surface area contributed by atoms with Crippen LogP contribution in [-0.2, 0) is 11.3 Å². The number of anilines is 1. The molecule has 142 valence electrons. The lowest BCUT2D eigenvalue weighted by Crippen LogP contribution is -2.09. The lowest BCUT2D eigenvalue weighted by molar-refractivity contribution is 0.0473. The highest BCUT2D eigenvalue weighted by atomic mass is 32.1. The number of rotatable bonds is 6. The molecule has 1 amide bonds. The van der Waals surface area contributed by atoms with Crippen LogP contribution < -0.4 is 5.32 Å². The predicted molar refractivity (Wildman–Crippen MR) is 110 cm³/mol. The van der Waals surface area contributed by atoms with E-state index in [-0.39, 0.29) is 18.3 Å². The number of esters is 1. The lowest BCUT2D eigenvalue weighted by atomic mass is 10.3. The van der Waals surface area contributed by atoms with Crippen LogP contribution in [-0.4, -0.2) is 16.9 Å². The summed E-state index contributed by atoms with van der Waals surface area (Å²) in [4.78, 5) is 29.4. The zero-order valence-electron chi connectivity index (χ0n) is 14.6. The van der Waals surface area contributed by atoms with Crippen molar-refractivity contribution in [3.8, 4) is 10.6 Å². The van der Waals surface area contributed by atoms with Gasteiger partial charge in [0, 0.05) is 16.3 Å². The van der Waals surface area contributed by atoms with Crippen LogP contribution in [0.4, 0.5) is 5.00 Å². The van der Waals surface area contributed by atoms with Gasteiger partial charge >= 0.3 is 5.97 Å². The smallest absolute Gasteiger partial charge is 0.349 e. The maximum absolute atomic E-state index is 12.4. The molecule has 0 radical (unpaired) electrons. The van der Waals surface area contributed by atoms with Crippen molar-refractivity contribution in [2.24, 2.45) is 0 Å². The maximum atomic E-state index is 12.4. The summed E-state index contributed by atoms with van der Waals surface area (Å²) in [7, 11) is 0. The Morgan fingerprint density at radius 3 is 2.93 bits per heavy atom. The number of aryl methyl sites for hydroxylation is 1. The van der Waals surface area contributed by atoms with Gasteiger partial charge in [0.25, 0.3) is 5.91 Å². The van der Waals surface area contributed by atoms with E-state index in [1.807, 2.05) is 22.2 Å². The molecule has 4 rings (SSSR count). The van der Waals surface area contributed by atoms with Gasteiger partial charge in [-0.05, 0) is 42.1 Å². The van der Waals surface area contributed by atoms with Crippen molar-refractivity contribution in [2.75, 3.05) is 5.32 Å². The zero-order chi connectivity index (χ0) is 19.5. The summed E-state index contributed by atoms with van der Waals surface area (Å²) in [6.07, 6.45) is 1.43. The average Bonchev–Trinajstić information content (AvgIpc) is 3.46. The molecule has 4 heterocycles. The minimum absolute atomic E-state index is 0.102. The third-order valence-corrected chi connectivity index (χ3v) is 6.51. The predicted octanol–water partition coefficient (Wildman–Crippen LogP) is 5.44. The second-order valence-corrected chi connectivity index (χ2v) is 8.48. The average molecular weight is 431 g/mol. The molecule has 0 saturated carbocycles. The molecule has 4 aromatic heterocycles. The number of amides is 1. The molecular formula is C19H14N2O4S3. The Morgan fingerprint density at radius 1 is 1.29 bits per heavy atom. The van der Waals surface area contributed by atoms with Crippen LogP contribution in [0.1, 0.15) is 31.5 Å². The monoisotopic (exact) mass is 430 g/mol. The normalized spacial score (nSPS) is 10.8. The van der Waals surface area contributed by atoms with Gasteiger partial charge in [0.15, 0.2) is 5.76 Å². The van der Waals surface area contributed by atoms with Crippen LogP contribution >= 0.6 is 34.0 Å². The first kappa shape index (κ1) is 18.6. The van der Waals surface area contributed by atoms with Crippen LogP contribution in [0.25, 0.3) is 10.6 Å². The van der Waals surface area contributed by atoms with Gasteiger partial charge < -0.3 is 14.5 Å². The first-order valence-corrected chi connectivity index (χ1v) is 10.8. The van der Waals surface area contributed by atoms with Crippen molar-refractivity contribution in [1.29, 1.82) is 0 Å². The van der Waals surface area contributed by atoms with E-state index in [2.05, 4.69) is 10.3 Å². The van der Waals surface area contributed by atoms with Gasteiger partial charge in [-0.15, -0.1) is 22.7 Å². The van der Waals surface area contributed by atoms with Crippen molar-refractivity contribution < 1.29 is 18.7 Å². The summed E-state index contributed by atoms with van der Waals surface area (Å²) in [6, 6.07) is 6.95. The molecule has 28 heavy (non-hydrogen) atoms. The fourth-order valence-electron chi connectivity index (χ4n) is 2.42. The third kappa shape index (κ3) is 4.06. The molecular weight excluding hydrogens is 416 g/mol. The van der Waals surface area contributed by atoms with E-state index in [0.717, 1.165) is 16.1 Å². The molecule has 6 nitrogen and oxygen atoms in total. The Bertz CT molecular complexity index is 1090. The van der Waals surface area contributed by atoms with Gasteiger partial charge in [0.05, 0.1) is 17.0 Å². The molecule has 0 aliphatic heterocycles. The van der Waals surface area contributed by atoms with E-state index in [9.17, 15) is 9.59 Å². The Hall–Kier alpha value is -2.75. The molecule has 0 saturated heterocycles. The lowest BCUT2D eigenvalue weighted by Gasteiger charge is -2.01. The summed E-state index contributed by atoms with van der Waals surface area (Å²) in [6.45, 7) is 1.90. The van der Waals surface area contributed by atoms with Crippen LogP contribution in [0.2, 0.25) is 0 Å². The minimum Gasteiger partial charge on any atom is -0.459 e. The quantitative estimate of drug-likeness (QED) is 0.412. The number of nitrogens with zero attached hydrogens (tertiary/aromatic N) is 1. The number of carbonyl (C=O) groups excluding carboxylic acids is 2. The molecule has 0 unspecified atom stereocenters. The first-order valence-electron chi connectivity index (χ1n) is 8.19. The van der Waals surface area contributed by atoms with E-state index in [4.69, 9.17) is 9.15 Å². The Morgan fingerprint density at radius 2 is 2.18 bits per heavy atom. The number of nitrogens with one attached hydrogen (secondary N) is 1. The fraction of sp³-hybridized carbons (Fsp3) is 0.105. The van der Waals surface area contributed by atoms with Crippen molar-refractivity contribution in [3.05, 3.63) is 68.6 Å². The highest BCUT2D eigenvalue weighted by Crippen LogP contribution is 2.29. The summed E-state index contributed by atoms with van der Waals surface area (Å²) >= 11 is 4.30. The number of thiophene rings is 2. The zero-order valence-corrected chi connectivity index (χ0v) is 17.1. The van der Waals surface area contributed by atoms with Crippen molar-refractivity contribution in [2.45, 2.75) is 13.5 Å². The van der Waals surface area contributed by atoms with Crippen LogP contribution in [0.15, 0.2) is 51.1 Å². The van der Waals surface area contributed by atoms with E-state index in [0.29, 0.717) is 15.6 Å². The number of thiazole rings is 1. The van der Waals surface area contributed by atoms with Crippen LogP contribution in [0, 0.1) is 6.92 Å². The van der Waals surface area contributed by atoms with Gasteiger partial charge in [0.2, 0.25) is 0 Å². The topological polar surface area (TPSA) is 81.4 Å². The van der Waals surface area contributed by atoms with Crippen LogP contribution in [0.5, 0.6) is 0 Å². The largest absolute Gasteiger partial charge is 0.459 e. The van der Waals surface area contributed by atoms with Crippen molar-refractivity contribution in [1.82, 2.24) is 4.98 Å². The van der Waals surface area contributed by atoms with E-state index >= 15 is 0 Å². The second-order valence-electron chi connectivity index (χ2n) is 5.79. The summed E-state index contributed by atoms with van der Waals surface area (Å²) in [5, 5.41) is 10.1. The number of ether oxygens (including phenoxy) is 1. The Kier molecular flexibility index (Phi) is 5.38. The van der Waals surface area contributed by atoms with Crippen LogP contribution in [0.3, 0.4) is 0 Å². The molecule has 0 aliphatic rings. The molecule has 0 bridgehead atoms. The number of hydrogen-bond donors (Lipinski definition) is 1.